The van der Waals surface area contributed by atoms with Crippen molar-refractivity contribution in [2.75, 3.05) is 18.1 Å². The summed E-state index contributed by atoms with van der Waals surface area (Å²) in [6.45, 7) is 2.94. The third-order valence-corrected chi connectivity index (χ3v) is 4.84. The summed E-state index contributed by atoms with van der Waals surface area (Å²) in [5, 5.41) is 1.19. The van der Waals surface area contributed by atoms with Gasteiger partial charge in [-0.15, -0.1) is 0 Å². The minimum absolute atomic E-state index is 0.368. The van der Waals surface area contributed by atoms with Crippen LogP contribution in [0.25, 0.3) is 22.3 Å². The average Bonchev–Trinajstić information content (AvgIpc) is 2.74. The Hall–Kier alpha value is -3.51. The lowest BCUT2D eigenvalue weighted by molar-refractivity contribution is 0.303. The van der Waals surface area contributed by atoms with Gasteiger partial charge in [0.25, 0.3) is 0 Å². The fourth-order valence-electron chi connectivity index (χ4n) is 3.11. The number of fused-ring (bicyclic) bond motifs is 1. The molecule has 7 heteroatoms. The van der Waals surface area contributed by atoms with Crippen LogP contribution in [0.3, 0.4) is 0 Å². The van der Waals surface area contributed by atoms with Gasteiger partial charge in [0, 0.05) is 16.6 Å². The summed E-state index contributed by atoms with van der Waals surface area (Å²) in [6.07, 6.45) is 0. The Morgan fingerprint density at radius 3 is 2.60 bits per heavy atom. The predicted octanol–water partition coefficient (Wildman–Crippen LogP) is 5.09. The minimum Gasteiger partial charge on any atom is -0.494 e. The smallest absolute Gasteiger partial charge is 0.162 e. The zero-order valence-corrected chi connectivity index (χ0v) is 17.2. The van der Waals surface area contributed by atoms with Gasteiger partial charge in [-0.05, 0) is 61.0 Å². The molecule has 0 atom stereocenters. The van der Waals surface area contributed by atoms with Gasteiger partial charge in [0.1, 0.15) is 23.9 Å². The van der Waals surface area contributed by atoms with E-state index in [1.165, 1.54) is 0 Å². The molecule has 0 spiro atoms. The first-order valence-electron chi connectivity index (χ1n) is 9.50. The number of nitrogens with zero attached hydrogens (tertiary/aromatic N) is 2. The van der Waals surface area contributed by atoms with Gasteiger partial charge in [-0.2, -0.15) is 0 Å². The lowest BCUT2D eigenvalue weighted by atomic mass is 10.1. The van der Waals surface area contributed by atoms with E-state index >= 15 is 0 Å². The second-order valence-corrected chi connectivity index (χ2v) is 7.13. The van der Waals surface area contributed by atoms with Crippen molar-refractivity contribution in [2.24, 2.45) is 0 Å². The van der Waals surface area contributed by atoms with Gasteiger partial charge in [0.05, 0.1) is 17.1 Å². The maximum Gasteiger partial charge on any atom is 0.162 e. The number of ether oxygens (including phenoxy) is 2. The zero-order valence-electron chi connectivity index (χ0n) is 16.4. The van der Waals surface area contributed by atoms with E-state index in [4.69, 9.17) is 32.5 Å². The molecule has 0 amide bonds. The number of hydrogen-bond acceptors (Lipinski definition) is 6. The molecular formula is C23H21ClN4O2. The lowest BCUT2D eigenvalue weighted by Gasteiger charge is -2.11. The normalized spacial score (nSPS) is 10.9. The van der Waals surface area contributed by atoms with Crippen LogP contribution in [-0.4, -0.2) is 16.6 Å². The summed E-state index contributed by atoms with van der Waals surface area (Å²) in [6, 6.07) is 18.6. The van der Waals surface area contributed by atoms with Gasteiger partial charge >= 0.3 is 0 Å². The summed E-state index contributed by atoms with van der Waals surface area (Å²) in [7, 11) is 0. The topological polar surface area (TPSA) is 96.3 Å². The average molecular weight is 421 g/mol. The summed E-state index contributed by atoms with van der Waals surface area (Å²) < 4.78 is 11.4. The highest BCUT2D eigenvalue weighted by Gasteiger charge is 2.11. The molecule has 30 heavy (non-hydrogen) atoms. The van der Waals surface area contributed by atoms with E-state index in [0.717, 1.165) is 27.8 Å². The van der Waals surface area contributed by atoms with Crippen LogP contribution in [0.1, 0.15) is 12.5 Å². The number of rotatable bonds is 6. The van der Waals surface area contributed by atoms with E-state index in [1.54, 1.807) is 24.3 Å². The molecule has 1 heterocycles. The van der Waals surface area contributed by atoms with Crippen molar-refractivity contribution in [1.82, 2.24) is 9.97 Å². The SMILES string of the molecule is CCOc1cccc(COc2ccc(-c3nc(N)c4cc(N)ccc4n3)cc2Cl)c1. The Morgan fingerprint density at radius 1 is 0.933 bits per heavy atom. The van der Waals surface area contributed by atoms with Gasteiger partial charge < -0.3 is 20.9 Å². The first kappa shape index (κ1) is 19.8. The molecule has 3 aromatic carbocycles. The van der Waals surface area contributed by atoms with Gasteiger partial charge in [-0.25, -0.2) is 9.97 Å². The predicted molar refractivity (Wildman–Crippen MR) is 121 cm³/mol. The monoisotopic (exact) mass is 420 g/mol. The van der Waals surface area contributed by atoms with Crippen molar-refractivity contribution in [2.45, 2.75) is 13.5 Å². The van der Waals surface area contributed by atoms with Crippen LogP contribution in [0, 0.1) is 0 Å². The van der Waals surface area contributed by atoms with Crippen LogP contribution in [0.4, 0.5) is 11.5 Å². The van der Waals surface area contributed by atoms with E-state index in [0.29, 0.717) is 41.3 Å². The molecule has 6 nitrogen and oxygen atoms in total. The maximum atomic E-state index is 6.45. The molecule has 4 aromatic rings. The Bertz CT molecular complexity index is 1210. The van der Waals surface area contributed by atoms with Crippen LogP contribution in [-0.2, 0) is 6.61 Å². The van der Waals surface area contributed by atoms with E-state index < -0.39 is 0 Å². The van der Waals surface area contributed by atoms with Gasteiger partial charge in [-0.1, -0.05) is 23.7 Å². The number of hydrogen-bond donors (Lipinski definition) is 2. The summed E-state index contributed by atoms with van der Waals surface area (Å²) in [5.41, 5.74) is 15.0. The molecule has 0 unspecified atom stereocenters. The van der Waals surface area contributed by atoms with Crippen molar-refractivity contribution < 1.29 is 9.47 Å². The Balaban J connectivity index is 1.55. The van der Waals surface area contributed by atoms with E-state index in [2.05, 4.69) is 9.97 Å². The Labute approximate surface area is 179 Å². The second-order valence-electron chi connectivity index (χ2n) is 6.72. The number of nitrogens with two attached hydrogens (primary N) is 2. The molecule has 4 rings (SSSR count). The van der Waals surface area contributed by atoms with Crippen molar-refractivity contribution in [1.29, 1.82) is 0 Å². The molecule has 0 saturated carbocycles. The largest absolute Gasteiger partial charge is 0.494 e. The Morgan fingerprint density at radius 2 is 1.80 bits per heavy atom. The number of halogens is 1. The molecule has 0 aliphatic heterocycles. The molecule has 1 aromatic heterocycles. The first-order valence-corrected chi connectivity index (χ1v) is 9.88. The number of aromatic nitrogens is 2. The molecule has 0 fully saturated rings. The number of benzene rings is 3. The molecule has 0 aliphatic carbocycles. The van der Waals surface area contributed by atoms with Gasteiger partial charge in [0.15, 0.2) is 5.82 Å². The summed E-state index contributed by atoms with van der Waals surface area (Å²) in [5.74, 6) is 2.24. The van der Waals surface area contributed by atoms with Crippen molar-refractivity contribution in [3.63, 3.8) is 0 Å². The van der Waals surface area contributed by atoms with Crippen molar-refractivity contribution in [3.8, 4) is 22.9 Å². The summed E-state index contributed by atoms with van der Waals surface area (Å²) >= 11 is 6.45. The standard InChI is InChI=1S/C23H21ClN4O2/c1-2-29-17-5-3-4-14(10-17)13-30-21-9-6-15(11-19(21)24)23-27-20-8-7-16(25)12-18(20)22(26)28-23/h3-12H,2,13,25H2,1H3,(H2,26,27,28). The molecular weight excluding hydrogens is 400 g/mol. The van der Waals surface area contributed by atoms with Crippen molar-refractivity contribution in [3.05, 3.63) is 71.2 Å². The van der Waals surface area contributed by atoms with Crippen LogP contribution < -0.4 is 20.9 Å². The second kappa shape index (κ2) is 8.47. The Kier molecular flexibility index (Phi) is 5.59. The number of nitrogen functional groups attached to an aromatic ring is 2. The highest BCUT2D eigenvalue weighted by molar-refractivity contribution is 6.32. The van der Waals surface area contributed by atoms with Crippen LogP contribution >= 0.6 is 11.6 Å². The zero-order chi connectivity index (χ0) is 21.1. The highest BCUT2D eigenvalue weighted by atomic mass is 35.5. The molecule has 0 bridgehead atoms. The molecule has 0 radical (unpaired) electrons. The van der Waals surface area contributed by atoms with Gasteiger partial charge in [-0.3, -0.25) is 0 Å². The molecule has 0 saturated heterocycles. The number of anilines is 2. The van der Waals surface area contributed by atoms with Crippen LogP contribution in [0.5, 0.6) is 11.5 Å². The van der Waals surface area contributed by atoms with E-state index in [1.807, 2.05) is 43.3 Å². The summed E-state index contributed by atoms with van der Waals surface area (Å²) in [4.78, 5) is 8.98. The minimum atomic E-state index is 0.368. The molecule has 152 valence electrons. The lowest BCUT2D eigenvalue weighted by Crippen LogP contribution is -2.00. The highest BCUT2D eigenvalue weighted by Crippen LogP contribution is 2.31. The molecule has 0 aliphatic rings. The van der Waals surface area contributed by atoms with Gasteiger partial charge in [0.2, 0.25) is 0 Å². The fourth-order valence-corrected chi connectivity index (χ4v) is 3.34. The van der Waals surface area contributed by atoms with E-state index in [9.17, 15) is 0 Å². The first-order chi connectivity index (χ1) is 14.5. The quantitative estimate of drug-likeness (QED) is 0.421. The fraction of sp³-hybridized carbons (Fsp3) is 0.130. The van der Waals surface area contributed by atoms with E-state index in [-0.39, 0.29) is 0 Å². The van der Waals surface area contributed by atoms with Crippen LogP contribution in [0.15, 0.2) is 60.7 Å². The third kappa shape index (κ3) is 4.23. The molecule has 4 N–H and O–H groups in total. The maximum absolute atomic E-state index is 6.45. The van der Waals surface area contributed by atoms with Crippen LogP contribution in [0.2, 0.25) is 5.02 Å². The van der Waals surface area contributed by atoms with Crippen molar-refractivity contribution >= 4 is 34.0 Å². The third-order valence-electron chi connectivity index (χ3n) is 4.54.